The average Bonchev–Trinajstić information content (AvgIpc) is 2.38. The Balaban J connectivity index is 2.85. The van der Waals surface area contributed by atoms with Crippen molar-refractivity contribution in [1.29, 1.82) is 0 Å². The Morgan fingerprint density at radius 2 is 1.89 bits per heavy atom. The van der Waals surface area contributed by atoms with Crippen LogP contribution in [0.15, 0.2) is 28.7 Å². The molecule has 0 aliphatic rings. The van der Waals surface area contributed by atoms with E-state index in [1.54, 1.807) is 0 Å². The van der Waals surface area contributed by atoms with E-state index in [1.807, 2.05) is 19.1 Å². The van der Waals surface area contributed by atoms with Gasteiger partial charge in [0.25, 0.3) is 0 Å². The van der Waals surface area contributed by atoms with Gasteiger partial charge in [0.05, 0.1) is 6.10 Å². The molecule has 3 nitrogen and oxygen atoms in total. The lowest BCUT2D eigenvalue weighted by Crippen LogP contribution is -2.39. The van der Waals surface area contributed by atoms with E-state index in [4.69, 9.17) is 5.73 Å². The van der Waals surface area contributed by atoms with Crippen molar-refractivity contribution in [3.05, 3.63) is 34.3 Å². The summed E-state index contributed by atoms with van der Waals surface area (Å²) in [7, 11) is 2.07. The van der Waals surface area contributed by atoms with Crippen LogP contribution in [-0.4, -0.2) is 35.7 Å². The lowest BCUT2D eigenvalue weighted by Gasteiger charge is -2.33. The van der Waals surface area contributed by atoms with Gasteiger partial charge in [-0.15, -0.1) is 0 Å². The second-order valence-electron chi connectivity index (χ2n) is 5.19. The molecule has 1 aromatic carbocycles. The lowest BCUT2D eigenvalue weighted by atomic mass is 9.96. The molecule has 1 aromatic rings. The van der Waals surface area contributed by atoms with Crippen molar-refractivity contribution >= 4 is 15.9 Å². The van der Waals surface area contributed by atoms with Gasteiger partial charge in [-0.05, 0) is 44.5 Å². The maximum Gasteiger partial charge on any atom is 0.0524 e. The molecular formula is C15H25BrN2O. The van der Waals surface area contributed by atoms with Crippen LogP contribution >= 0.6 is 15.9 Å². The first-order chi connectivity index (χ1) is 8.95. The van der Waals surface area contributed by atoms with Crippen molar-refractivity contribution in [3.8, 4) is 0 Å². The Hall–Kier alpha value is -0.420. The molecule has 0 amide bonds. The van der Waals surface area contributed by atoms with Crippen LogP contribution in [0.1, 0.15) is 38.3 Å². The predicted octanol–water partition coefficient (Wildman–Crippen LogP) is 2.93. The highest BCUT2D eigenvalue weighted by Gasteiger charge is 2.23. The van der Waals surface area contributed by atoms with E-state index in [0.717, 1.165) is 23.9 Å². The third-order valence-electron chi connectivity index (χ3n) is 3.46. The third kappa shape index (κ3) is 5.22. The van der Waals surface area contributed by atoms with Crippen molar-refractivity contribution in [2.75, 3.05) is 13.6 Å². The Bertz CT molecular complexity index is 367. The van der Waals surface area contributed by atoms with Gasteiger partial charge >= 0.3 is 0 Å². The van der Waals surface area contributed by atoms with Gasteiger partial charge in [-0.1, -0.05) is 35.0 Å². The minimum atomic E-state index is -0.272. The summed E-state index contributed by atoms with van der Waals surface area (Å²) in [5, 5.41) is 9.42. The molecular weight excluding hydrogens is 304 g/mol. The molecule has 0 spiro atoms. The first-order valence-electron chi connectivity index (χ1n) is 6.85. The first kappa shape index (κ1) is 16.6. The van der Waals surface area contributed by atoms with Crippen LogP contribution in [0.4, 0.5) is 0 Å². The average molecular weight is 329 g/mol. The highest BCUT2D eigenvalue weighted by atomic mass is 79.9. The normalized spacial score (nSPS) is 16.4. The summed E-state index contributed by atoms with van der Waals surface area (Å²) in [6.07, 6.45) is 1.42. The summed E-state index contributed by atoms with van der Waals surface area (Å²) in [5.41, 5.74) is 7.51. The van der Waals surface area contributed by atoms with Crippen LogP contribution in [-0.2, 0) is 0 Å². The number of rotatable bonds is 7. The van der Waals surface area contributed by atoms with Crippen LogP contribution < -0.4 is 5.73 Å². The third-order valence-corrected chi connectivity index (χ3v) is 3.99. The van der Waals surface area contributed by atoms with E-state index in [-0.39, 0.29) is 18.2 Å². The van der Waals surface area contributed by atoms with Crippen LogP contribution in [0.25, 0.3) is 0 Å². The molecule has 19 heavy (non-hydrogen) atoms. The van der Waals surface area contributed by atoms with E-state index >= 15 is 0 Å². The van der Waals surface area contributed by atoms with E-state index in [2.05, 4.69) is 46.9 Å². The van der Waals surface area contributed by atoms with Crippen LogP contribution in [0.5, 0.6) is 0 Å². The van der Waals surface area contributed by atoms with E-state index in [1.165, 1.54) is 5.56 Å². The molecule has 0 saturated carbocycles. The Labute approximate surface area is 124 Å². The number of aliphatic hydroxyl groups is 1. The zero-order valence-corrected chi connectivity index (χ0v) is 13.6. The second kappa shape index (κ2) is 8.00. The fourth-order valence-electron chi connectivity index (χ4n) is 2.24. The maximum absolute atomic E-state index is 9.42. The van der Waals surface area contributed by atoms with Gasteiger partial charge < -0.3 is 10.8 Å². The SMILES string of the molecule is CCC(N)C(c1ccc(Br)cc1)N(C)CCC(C)O. The fourth-order valence-corrected chi connectivity index (χ4v) is 2.51. The largest absolute Gasteiger partial charge is 0.393 e. The van der Waals surface area contributed by atoms with Crippen LogP contribution in [0.2, 0.25) is 0 Å². The molecule has 0 aromatic heterocycles. The summed E-state index contributed by atoms with van der Waals surface area (Å²) >= 11 is 3.46. The molecule has 108 valence electrons. The van der Waals surface area contributed by atoms with Crippen molar-refractivity contribution < 1.29 is 5.11 Å². The quantitative estimate of drug-likeness (QED) is 0.809. The van der Waals surface area contributed by atoms with E-state index < -0.39 is 0 Å². The van der Waals surface area contributed by atoms with E-state index in [0.29, 0.717) is 0 Å². The van der Waals surface area contributed by atoms with Crippen LogP contribution in [0, 0.1) is 0 Å². The Morgan fingerprint density at radius 1 is 1.32 bits per heavy atom. The van der Waals surface area contributed by atoms with E-state index in [9.17, 15) is 5.11 Å². The van der Waals surface area contributed by atoms with Crippen molar-refractivity contribution in [1.82, 2.24) is 4.90 Å². The molecule has 0 heterocycles. The topological polar surface area (TPSA) is 49.5 Å². The number of benzene rings is 1. The summed E-state index contributed by atoms with van der Waals surface area (Å²) < 4.78 is 1.08. The monoisotopic (exact) mass is 328 g/mol. The first-order valence-corrected chi connectivity index (χ1v) is 7.64. The number of likely N-dealkylation sites (N-methyl/N-ethyl adjacent to an activating group) is 1. The predicted molar refractivity (Wildman–Crippen MR) is 84.1 cm³/mol. The van der Waals surface area contributed by atoms with Gasteiger partial charge in [-0.2, -0.15) is 0 Å². The van der Waals surface area contributed by atoms with Gasteiger partial charge in [0, 0.05) is 23.1 Å². The molecule has 0 aliphatic carbocycles. The number of aliphatic hydroxyl groups excluding tert-OH is 1. The number of hydrogen-bond acceptors (Lipinski definition) is 3. The summed E-state index contributed by atoms with van der Waals surface area (Å²) in [5.74, 6) is 0. The molecule has 4 heteroatoms. The van der Waals surface area contributed by atoms with Gasteiger partial charge in [0.15, 0.2) is 0 Å². The Morgan fingerprint density at radius 3 is 2.37 bits per heavy atom. The molecule has 0 radical (unpaired) electrons. The number of hydrogen-bond donors (Lipinski definition) is 2. The summed E-state index contributed by atoms with van der Waals surface area (Å²) in [4.78, 5) is 2.24. The molecule has 0 saturated heterocycles. The second-order valence-corrected chi connectivity index (χ2v) is 6.10. The van der Waals surface area contributed by atoms with Crippen molar-refractivity contribution in [3.63, 3.8) is 0 Å². The lowest BCUT2D eigenvalue weighted by molar-refractivity contribution is 0.140. The minimum absolute atomic E-state index is 0.0974. The number of nitrogens with two attached hydrogens (primary N) is 1. The van der Waals surface area contributed by atoms with Gasteiger partial charge in [0.1, 0.15) is 0 Å². The standard InChI is InChI=1S/C15H25BrN2O/c1-4-14(17)15(18(3)10-9-11(2)19)12-5-7-13(16)8-6-12/h5-8,11,14-15,19H,4,9-10,17H2,1-3H3. The summed E-state index contributed by atoms with van der Waals surface area (Å²) in [6.45, 7) is 4.77. The molecule has 0 bridgehead atoms. The van der Waals surface area contributed by atoms with Gasteiger partial charge in [-0.25, -0.2) is 0 Å². The minimum Gasteiger partial charge on any atom is -0.393 e. The number of nitrogens with zero attached hydrogens (tertiary/aromatic N) is 1. The maximum atomic E-state index is 9.42. The van der Waals surface area contributed by atoms with Gasteiger partial charge in [-0.3, -0.25) is 4.90 Å². The molecule has 3 atom stereocenters. The smallest absolute Gasteiger partial charge is 0.0524 e. The van der Waals surface area contributed by atoms with Gasteiger partial charge in [0.2, 0.25) is 0 Å². The zero-order valence-electron chi connectivity index (χ0n) is 12.0. The van der Waals surface area contributed by atoms with Crippen molar-refractivity contribution in [2.24, 2.45) is 5.73 Å². The fraction of sp³-hybridized carbons (Fsp3) is 0.600. The molecule has 3 N–H and O–H groups in total. The highest BCUT2D eigenvalue weighted by molar-refractivity contribution is 9.10. The Kier molecular flexibility index (Phi) is 7.00. The van der Waals surface area contributed by atoms with Crippen LogP contribution in [0.3, 0.4) is 0 Å². The van der Waals surface area contributed by atoms with Crippen molar-refractivity contribution in [2.45, 2.75) is 44.9 Å². The highest BCUT2D eigenvalue weighted by Crippen LogP contribution is 2.25. The molecule has 1 rings (SSSR count). The molecule has 0 fully saturated rings. The molecule has 0 aliphatic heterocycles. The molecule has 3 unspecified atom stereocenters. The number of halogens is 1. The summed E-state index contributed by atoms with van der Waals surface area (Å²) in [6, 6.07) is 8.62. The zero-order chi connectivity index (χ0) is 14.4.